The Bertz CT molecular complexity index is 376. The molecule has 0 aromatic rings. The first-order chi connectivity index (χ1) is 7.20. The van der Waals surface area contributed by atoms with Crippen LogP contribution in [0.15, 0.2) is 0 Å². The molecule has 1 amide bonds. The summed E-state index contributed by atoms with van der Waals surface area (Å²) in [6.07, 6.45) is 3.15. The summed E-state index contributed by atoms with van der Waals surface area (Å²) in [4.78, 5) is 11.8. The summed E-state index contributed by atoms with van der Waals surface area (Å²) in [7, 11) is -3.34. The van der Waals surface area contributed by atoms with Crippen molar-refractivity contribution >= 4 is 15.7 Å². The van der Waals surface area contributed by atoms with Crippen LogP contribution in [0.2, 0.25) is 0 Å². The maximum absolute atomic E-state index is 11.8. The second-order valence-corrected chi connectivity index (χ2v) is 7.22. The lowest BCUT2D eigenvalue weighted by molar-refractivity contribution is -0.122. The van der Waals surface area contributed by atoms with E-state index in [-0.39, 0.29) is 0 Å². The van der Waals surface area contributed by atoms with Crippen LogP contribution in [-0.2, 0) is 14.6 Å². The Morgan fingerprint density at radius 2 is 2.06 bits per heavy atom. The Hall–Kier alpha value is -0.620. The monoisotopic (exact) mass is 248 g/mol. The van der Waals surface area contributed by atoms with Gasteiger partial charge in [0.05, 0.1) is 5.54 Å². The van der Waals surface area contributed by atoms with Gasteiger partial charge in [-0.1, -0.05) is 0 Å². The average Bonchev–Trinajstić information content (AvgIpc) is 2.98. The molecule has 0 radical (unpaired) electrons. The van der Waals surface area contributed by atoms with Crippen LogP contribution in [0, 0.1) is 5.92 Å². The lowest BCUT2D eigenvalue weighted by atomic mass is 9.96. The van der Waals surface area contributed by atoms with E-state index in [1.54, 1.807) is 0 Å². The smallest absolute Gasteiger partial charge is 0.238 e. The van der Waals surface area contributed by atoms with Gasteiger partial charge in [0.1, 0.15) is 5.25 Å². The minimum absolute atomic E-state index is 0.333. The van der Waals surface area contributed by atoms with E-state index in [1.165, 1.54) is 6.92 Å². The Morgan fingerprint density at radius 1 is 1.56 bits per heavy atom. The Kier molecular flexibility index (Phi) is 3.64. The van der Waals surface area contributed by atoms with E-state index in [0.29, 0.717) is 12.5 Å². The van der Waals surface area contributed by atoms with Gasteiger partial charge in [0.25, 0.3) is 0 Å². The van der Waals surface area contributed by atoms with Crippen molar-refractivity contribution in [3.63, 3.8) is 0 Å². The van der Waals surface area contributed by atoms with Gasteiger partial charge in [0, 0.05) is 12.8 Å². The van der Waals surface area contributed by atoms with E-state index in [2.05, 4.69) is 5.32 Å². The molecule has 5 nitrogen and oxygen atoms in total. The summed E-state index contributed by atoms with van der Waals surface area (Å²) >= 11 is 0. The summed E-state index contributed by atoms with van der Waals surface area (Å²) in [6.45, 7) is 3.60. The van der Waals surface area contributed by atoms with Crippen molar-refractivity contribution in [1.82, 2.24) is 5.32 Å². The molecule has 0 aromatic heterocycles. The van der Waals surface area contributed by atoms with Gasteiger partial charge in [-0.25, -0.2) is 8.42 Å². The second-order valence-electron chi connectivity index (χ2n) is 4.86. The van der Waals surface area contributed by atoms with Crippen LogP contribution >= 0.6 is 0 Å². The van der Waals surface area contributed by atoms with Crippen molar-refractivity contribution in [3.8, 4) is 0 Å². The number of hydrogen-bond acceptors (Lipinski definition) is 4. The number of hydrogen-bond donors (Lipinski definition) is 2. The van der Waals surface area contributed by atoms with Crippen LogP contribution in [0.4, 0.5) is 0 Å². The average molecular weight is 248 g/mol. The van der Waals surface area contributed by atoms with Crippen molar-refractivity contribution in [1.29, 1.82) is 0 Å². The third-order valence-corrected chi connectivity index (χ3v) is 4.82. The largest absolute Gasteiger partial charge is 0.348 e. The second kappa shape index (κ2) is 4.33. The molecule has 1 aliphatic carbocycles. The van der Waals surface area contributed by atoms with Gasteiger partial charge in [-0.3, -0.25) is 4.79 Å². The van der Waals surface area contributed by atoms with Gasteiger partial charge >= 0.3 is 0 Å². The number of rotatable bonds is 5. The van der Waals surface area contributed by atoms with E-state index in [9.17, 15) is 13.2 Å². The van der Waals surface area contributed by atoms with Crippen molar-refractivity contribution in [2.75, 3.05) is 12.8 Å². The minimum atomic E-state index is -3.34. The maximum Gasteiger partial charge on any atom is 0.238 e. The van der Waals surface area contributed by atoms with Crippen LogP contribution in [0.5, 0.6) is 0 Å². The highest BCUT2D eigenvalue weighted by Gasteiger charge is 2.42. The predicted octanol–water partition coefficient (Wildman–Crippen LogP) is -0.337. The molecule has 6 heteroatoms. The van der Waals surface area contributed by atoms with E-state index < -0.39 is 26.5 Å². The van der Waals surface area contributed by atoms with E-state index >= 15 is 0 Å². The Balaban J connectivity index is 2.69. The first-order valence-corrected chi connectivity index (χ1v) is 7.37. The molecule has 16 heavy (non-hydrogen) atoms. The maximum atomic E-state index is 11.8. The summed E-state index contributed by atoms with van der Waals surface area (Å²) in [5.74, 6) is -0.0736. The molecule has 1 aliphatic rings. The number of sulfone groups is 1. The van der Waals surface area contributed by atoms with Gasteiger partial charge in [-0.2, -0.15) is 0 Å². The molecule has 0 saturated heterocycles. The molecule has 1 rings (SSSR count). The number of carbonyl (C=O) groups is 1. The zero-order valence-corrected chi connectivity index (χ0v) is 10.8. The van der Waals surface area contributed by atoms with Crippen molar-refractivity contribution < 1.29 is 13.2 Å². The molecule has 0 bridgehead atoms. The first kappa shape index (κ1) is 13.4. The molecule has 0 aromatic carbocycles. The fourth-order valence-electron chi connectivity index (χ4n) is 1.62. The topological polar surface area (TPSA) is 89.3 Å². The fourth-order valence-corrected chi connectivity index (χ4v) is 2.07. The van der Waals surface area contributed by atoms with Crippen LogP contribution in [0.25, 0.3) is 0 Å². The molecular weight excluding hydrogens is 228 g/mol. The number of nitrogens with one attached hydrogen (secondary N) is 1. The Morgan fingerprint density at radius 3 is 2.38 bits per heavy atom. The molecule has 3 N–H and O–H groups in total. The van der Waals surface area contributed by atoms with Crippen LogP contribution < -0.4 is 11.1 Å². The normalized spacial score (nSPS) is 22.2. The highest BCUT2D eigenvalue weighted by Crippen LogP contribution is 2.39. The third kappa shape index (κ3) is 2.95. The third-order valence-electron chi connectivity index (χ3n) is 3.32. The lowest BCUT2D eigenvalue weighted by Gasteiger charge is -2.30. The highest BCUT2D eigenvalue weighted by molar-refractivity contribution is 7.92. The fraction of sp³-hybridized carbons (Fsp3) is 0.900. The molecular formula is C10H20N2O3S. The molecule has 0 heterocycles. The molecule has 0 spiro atoms. The SMILES string of the molecule is CC(C(=O)NC(C)(CN)C1CC1)S(C)(=O)=O. The quantitative estimate of drug-likeness (QED) is 0.697. The van der Waals surface area contributed by atoms with Gasteiger partial charge in [-0.05, 0) is 32.6 Å². The first-order valence-electron chi connectivity index (χ1n) is 5.41. The van der Waals surface area contributed by atoms with Crippen molar-refractivity contribution in [2.45, 2.75) is 37.5 Å². The molecule has 94 valence electrons. The number of nitrogens with two attached hydrogens (primary N) is 1. The molecule has 2 unspecified atom stereocenters. The lowest BCUT2D eigenvalue weighted by Crippen LogP contribution is -2.56. The van der Waals surface area contributed by atoms with Crippen molar-refractivity contribution in [2.24, 2.45) is 11.7 Å². The summed E-state index contributed by atoms with van der Waals surface area (Å²) in [5.41, 5.74) is 5.18. The molecule has 1 fully saturated rings. The van der Waals surface area contributed by atoms with E-state index in [4.69, 9.17) is 5.73 Å². The summed E-state index contributed by atoms with van der Waals surface area (Å²) in [6, 6.07) is 0. The van der Waals surface area contributed by atoms with Crippen LogP contribution in [0.3, 0.4) is 0 Å². The summed E-state index contributed by atoms with van der Waals surface area (Å²) in [5, 5.41) is 1.75. The van der Waals surface area contributed by atoms with Gasteiger partial charge in [-0.15, -0.1) is 0 Å². The minimum Gasteiger partial charge on any atom is -0.348 e. The zero-order chi connectivity index (χ0) is 12.6. The van der Waals surface area contributed by atoms with Crippen molar-refractivity contribution in [3.05, 3.63) is 0 Å². The van der Waals surface area contributed by atoms with Gasteiger partial charge < -0.3 is 11.1 Å². The molecule has 1 saturated carbocycles. The zero-order valence-electron chi connectivity index (χ0n) is 9.99. The predicted molar refractivity (Wildman–Crippen MR) is 62.6 cm³/mol. The molecule has 2 atom stereocenters. The number of carbonyl (C=O) groups excluding carboxylic acids is 1. The van der Waals surface area contributed by atoms with Crippen LogP contribution in [-0.4, -0.2) is 37.9 Å². The van der Waals surface area contributed by atoms with Crippen LogP contribution in [0.1, 0.15) is 26.7 Å². The van der Waals surface area contributed by atoms with E-state index in [1.807, 2.05) is 6.92 Å². The highest BCUT2D eigenvalue weighted by atomic mass is 32.2. The number of amides is 1. The Labute approximate surface area is 96.7 Å². The van der Waals surface area contributed by atoms with Gasteiger partial charge in [0.15, 0.2) is 9.84 Å². The standard InChI is InChI=1S/C10H20N2O3S/c1-7(16(3,14)15)9(13)12-10(2,6-11)8-4-5-8/h7-8H,4-6,11H2,1-3H3,(H,12,13). The van der Waals surface area contributed by atoms with E-state index in [0.717, 1.165) is 19.1 Å². The van der Waals surface area contributed by atoms with Gasteiger partial charge in [0.2, 0.25) is 5.91 Å². The summed E-state index contributed by atoms with van der Waals surface area (Å²) < 4.78 is 22.5. The molecule has 0 aliphatic heterocycles.